The second kappa shape index (κ2) is 7.58. The maximum absolute atomic E-state index is 13.3. The van der Waals surface area contributed by atoms with Crippen molar-refractivity contribution in [3.63, 3.8) is 0 Å². The van der Waals surface area contributed by atoms with Gasteiger partial charge in [0.1, 0.15) is 5.54 Å². The third kappa shape index (κ3) is 3.17. The van der Waals surface area contributed by atoms with Gasteiger partial charge in [0.25, 0.3) is 5.91 Å². The Kier molecular flexibility index (Phi) is 4.73. The minimum atomic E-state index is -0.596. The van der Waals surface area contributed by atoms with Crippen LogP contribution in [0.2, 0.25) is 0 Å². The summed E-state index contributed by atoms with van der Waals surface area (Å²) < 4.78 is 1.79. The number of hydrogen-bond acceptors (Lipinski definition) is 4. The number of rotatable bonds is 3. The van der Waals surface area contributed by atoms with E-state index in [9.17, 15) is 9.59 Å². The van der Waals surface area contributed by atoms with Gasteiger partial charge < -0.3 is 15.1 Å². The maximum atomic E-state index is 13.3. The van der Waals surface area contributed by atoms with E-state index in [1.807, 2.05) is 72.5 Å². The highest BCUT2D eigenvalue weighted by molar-refractivity contribution is 5.97. The molecular weight excluding hydrogens is 390 g/mol. The van der Waals surface area contributed by atoms with Crippen LogP contribution in [0.5, 0.6) is 0 Å². The summed E-state index contributed by atoms with van der Waals surface area (Å²) >= 11 is 0. The molecule has 7 heteroatoms. The van der Waals surface area contributed by atoms with Crippen LogP contribution in [0.3, 0.4) is 0 Å². The fourth-order valence-electron chi connectivity index (χ4n) is 4.73. The maximum Gasteiger partial charge on any atom is 0.257 e. The number of nitrogens with one attached hydrogen (secondary N) is 1. The molecule has 0 bridgehead atoms. The summed E-state index contributed by atoms with van der Waals surface area (Å²) in [6.45, 7) is 3.48. The lowest BCUT2D eigenvalue weighted by molar-refractivity contribution is -0.124. The number of piperidine rings is 1. The number of likely N-dealkylation sites (tertiary alicyclic amines) is 1. The molecule has 0 saturated carbocycles. The molecule has 0 aliphatic carbocycles. The summed E-state index contributed by atoms with van der Waals surface area (Å²) in [5.74, 6) is 0.0238. The fourth-order valence-corrected chi connectivity index (χ4v) is 4.73. The predicted molar refractivity (Wildman–Crippen MR) is 118 cm³/mol. The molecule has 3 heterocycles. The minimum Gasteiger partial charge on any atom is -0.339 e. The molecule has 0 unspecified atom stereocenters. The Morgan fingerprint density at radius 2 is 1.58 bits per heavy atom. The van der Waals surface area contributed by atoms with Gasteiger partial charge in [-0.05, 0) is 44.0 Å². The quantitative estimate of drug-likeness (QED) is 0.714. The monoisotopic (exact) mass is 415 g/mol. The smallest absolute Gasteiger partial charge is 0.257 e. The van der Waals surface area contributed by atoms with Crippen molar-refractivity contribution in [2.24, 2.45) is 0 Å². The van der Waals surface area contributed by atoms with E-state index in [0.29, 0.717) is 38.2 Å². The lowest BCUT2D eigenvalue weighted by atomic mass is 9.85. The molecule has 2 amide bonds. The van der Waals surface area contributed by atoms with Gasteiger partial charge in [-0.2, -0.15) is 5.10 Å². The molecular formula is C24H25N5O2. The third-order valence-corrected chi connectivity index (χ3v) is 6.52. The van der Waals surface area contributed by atoms with Crippen molar-refractivity contribution in [2.75, 3.05) is 24.7 Å². The topological polar surface area (TPSA) is 70.5 Å². The van der Waals surface area contributed by atoms with Crippen LogP contribution in [-0.2, 0) is 4.79 Å². The molecule has 7 nitrogen and oxygen atoms in total. The van der Waals surface area contributed by atoms with Crippen molar-refractivity contribution < 1.29 is 9.59 Å². The van der Waals surface area contributed by atoms with Crippen LogP contribution in [0.1, 0.15) is 28.9 Å². The Hall–Kier alpha value is -3.61. The molecule has 3 aromatic rings. The van der Waals surface area contributed by atoms with E-state index in [1.54, 1.807) is 10.9 Å². The predicted octanol–water partition coefficient (Wildman–Crippen LogP) is 2.75. The standard InChI is InChI=1S/C24H25N5O2/c1-18-21(16-26-29(18)20-10-6-3-7-11-20)22(30)27-14-12-24(13-15-27)23(31)25-17-28(24)19-8-4-2-5-9-19/h2-11,16H,12-15,17H2,1H3,(H,25,31). The van der Waals surface area contributed by atoms with Gasteiger partial charge in [0.15, 0.2) is 0 Å². The van der Waals surface area contributed by atoms with Crippen LogP contribution in [0.15, 0.2) is 66.9 Å². The molecule has 2 aliphatic heterocycles. The number of para-hydroxylation sites is 2. The molecule has 31 heavy (non-hydrogen) atoms. The van der Waals surface area contributed by atoms with Crippen LogP contribution >= 0.6 is 0 Å². The molecule has 1 spiro atoms. The first-order valence-corrected chi connectivity index (χ1v) is 10.6. The van der Waals surface area contributed by atoms with E-state index in [-0.39, 0.29) is 11.8 Å². The average Bonchev–Trinajstić information content (AvgIpc) is 3.35. The van der Waals surface area contributed by atoms with Crippen molar-refractivity contribution in [3.05, 3.63) is 78.1 Å². The summed E-state index contributed by atoms with van der Waals surface area (Å²) in [4.78, 5) is 30.1. The number of nitrogens with zero attached hydrogens (tertiary/aromatic N) is 4. The van der Waals surface area contributed by atoms with Gasteiger partial charge >= 0.3 is 0 Å². The Balaban J connectivity index is 1.34. The minimum absolute atomic E-state index is 0.0285. The van der Waals surface area contributed by atoms with E-state index < -0.39 is 5.54 Å². The molecule has 5 rings (SSSR count). The summed E-state index contributed by atoms with van der Waals surface area (Å²) in [6.07, 6.45) is 2.85. The molecule has 2 aromatic carbocycles. The largest absolute Gasteiger partial charge is 0.339 e. The van der Waals surface area contributed by atoms with Crippen molar-refractivity contribution in [3.8, 4) is 5.69 Å². The molecule has 2 saturated heterocycles. The number of aromatic nitrogens is 2. The summed E-state index contributed by atoms with van der Waals surface area (Å²) in [6, 6.07) is 19.8. The van der Waals surface area contributed by atoms with Gasteiger partial charge in [0.2, 0.25) is 5.91 Å². The Labute approximate surface area is 181 Å². The van der Waals surface area contributed by atoms with E-state index in [1.165, 1.54) is 0 Å². The number of carbonyl (C=O) groups excluding carboxylic acids is 2. The van der Waals surface area contributed by atoms with Gasteiger partial charge in [0.05, 0.1) is 29.8 Å². The second-order valence-corrected chi connectivity index (χ2v) is 8.14. The molecule has 0 atom stereocenters. The average molecular weight is 415 g/mol. The lowest BCUT2D eigenvalue weighted by Gasteiger charge is -2.43. The first-order valence-electron chi connectivity index (χ1n) is 10.6. The van der Waals surface area contributed by atoms with E-state index >= 15 is 0 Å². The van der Waals surface area contributed by atoms with Gasteiger partial charge in [-0.25, -0.2) is 4.68 Å². The highest BCUT2D eigenvalue weighted by Crippen LogP contribution is 2.36. The number of carbonyl (C=O) groups is 2. The zero-order valence-corrected chi connectivity index (χ0v) is 17.5. The highest BCUT2D eigenvalue weighted by atomic mass is 16.2. The third-order valence-electron chi connectivity index (χ3n) is 6.52. The molecule has 1 aromatic heterocycles. The zero-order valence-electron chi connectivity index (χ0n) is 17.5. The van der Waals surface area contributed by atoms with Crippen molar-refractivity contribution in [1.29, 1.82) is 0 Å². The summed E-state index contributed by atoms with van der Waals surface area (Å²) in [7, 11) is 0. The van der Waals surface area contributed by atoms with Gasteiger partial charge in [-0.3, -0.25) is 9.59 Å². The van der Waals surface area contributed by atoms with Crippen LogP contribution < -0.4 is 10.2 Å². The summed E-state index contributed by atoms with van der Waals surface area (Å²) in [5, 5.41) is 7.44. The molecule has 2 aliphatic rings. The van der Waals surface area contributed by atoms with Crippen LogP contribution in [0, 0.1) is 6.92 Å². The van der Waals surface area contributed by atoms with Crippen molar-refractivity contribution in [1.82, 2.24) is 20.0 Å². The number of anilines is 1. The second-order valence-electron chi connectivity index (χ2n) is 8.14. The zero-order chi connectivity index (χ0) is 21.4. The molecule has 0 radical (unpaired) electrons. The van der Waals surface area contributed by atoms with Crippen molar-refractivity contribution in [2.45, 2.75) is 25.3 Å². The first kappa shape index (κ1) is 19.4. The molecule has 2 fully saturated rings. The first-order chi connectivity index (χ1) is 15.1. The normalized spacial score (nSPS) is 17.8. The van der Waals surface area contributed by atoms with E-state index in [0.717, 1.165) is 17.1 Å². The van der Waals surface area contributed by atoms with Gasteiger partial charge in [0, 0.05) is 18.8 Å². The number of hydrogen-bond donors (Lipinski definition) is 1. The molecule has 158 valence electrons. The van der Waals surface area contributed by atoms with Crippen LogP contribution in [-0.4, -0.2) is 51.8 Å². The SMILES string of the molecule is Cc1c(C(=O)N2CCC3(CC2)C(=O)NCN3c2ccccc2)cnn1-c1ccccc1. The Morgan fingerprint density at radius 3 is 2.23 bits per heavy atom. The van der Waals surface area contributed by atoms with Crippen LogP contribution in [0.4, 0.5) is 5.69 Å². The number of benzene rings is 2. The van der Waals surface area contributed by atoms with E-state index in [2.05, 4.69) is 15.3 Å². The van der Waals surface area contributed by atoms with Crippen LogP contribution in [0.25, 0.3) is 5.69 Å². The Bertz CT molecular complexity index is 1100. The van der Waals surface area contributed by atoms with Gasteiger partial charge in [-0.1, -0.05) is 36.4 Å². The lowest BCUT2D eigenvalue weighted by Crippen LogP contribution is -2.57. The summed E-state index contributed by atoms with van der Waals surface area (Å²) in [5.41, 5.74) is 2.79. The molecule has 1 N–H and O–H groups in total. The van der Waals surface area contributed by atoms with E-state index in [4.69, 9.17) is 0 Å². The highest BCUT2D eigenvalue weighted by Gasteiger charge is 2.50. The Morgan fingerprint density at radius 1 is 0.968 bits per heavy atom. The fraction of sp³-hybridized carbons (Fsp3) is 0.292. The number of amides is 2. The van der Waals surface area contributed by atoms with Crippen molar-refractivity contribution >= 4 is 17.5 Å². The van der Waals surface area contributed by atoms with Gasteiger partial charge in [-0.15, -0.1) is 0 Å².